The number of aromatic nitrogens is 2. The molecule has 0 spiro atoms. The molecule has 0 fully saturated rings. The molecule has 0 amide bonds. The highest BCUT2D eigenvalue weighted by Crippen LogP contribution is 2.18. The van der Waals surface area contributed by atoms with E-state index >= 15 is 0 Å². The molecule has 0 radical (unpaired) electrons. The van der Waals surface area contributed by atoms with Gasteiger partial charge in [-0.25, -0.2) is 4.98 Å². The van der Waals surface area contributed by atoms with Gasteiger partial charge < -0.3 is 4.57 Å². The van der Waals surface area contributed by atoms with Crippen LogP contribution in [0.2, 0.25) is 0 Å². The normalized spacial score (nSPS) is 11.4. The number of unbranched alkanes of at least 4 members (excludes halogenated alkanes) is 10. The fraction of sp³-hybridized carbons (Fsp3) is 0.682. The molecular formula is C22H36N2. The number of imidazole rings is 1. The summed E-state index contributed by atoms with van der Waals surface area (Å²) in [6.07, 6.45) is 16.5. The predicted molar refractivity (Wildman–Crippen MR) is 106 cm³/mol. The molecule has 0 unspecified atom stereocenters. The molecule has 2 rings (SSSR count). The van der Waals surface area contributed by atoms with Crippen molar-refractivity contribution in [2.75, 3.05) is 0 Å². The Hall–Kier alpha value is -1.31. The van der Waals surface area contributed by atoms with Crippen molar-refractivity contribution in [1.29, 1.82) is 0 Å². The second-order valence-corrected chi connectivity index (χ2v) is 7.05. The maximum Gasteiger partial charge on any atom is 0.109 e. The first-order chi connectivity index (χ1) is 11.9. The lowest BCUT2D eigenvalue weighted by Crippen LogP contribution is -2.01. The fourth-order valence-electron chi connectivity index (χ4n) is 3.62. The molecule has 0 aliphatic heterocycles. The number of nitrogens with zero attached hydrogens (tertiary/aromatic N) is 2. The average Bonchev–Trinajstić information content (AvgIpc) is 2.97. The molecule has 0 bridgehead atoms. The van der Waals surface area contributed by atoms with Crippen LogP contribution in [0.4, 0.5) is 0 Å². The standard InChI is InChI=1S/C22H36N2/c1-3-5-6-7-8-9-10-11-12-13-14-19-22-23-20-17-15-16-18-21(20)24(22)4-2/h15-18H,3-14,19H2,1-2H3. The lowest BCUT2D eigenvalue weighted by Gasteiger charge is -2.06. The molecule has 2 heteroatoms. The van der Waals surface area contributed by atoms with Crippen molar-refractivity contribution < 1.29 is 0 Å². The lowest BCUT2D eigenvalue weighted by molar-refractivity contribution is 0.545. The first-order valence-corrected chi connectivity index (χ1v) is 10.3. The molecule has 134 valence electrons. The molecule has 0 saturated carbocycles. The molecule has 0 atom stereocenters. The number of hydrogen-bond acceptors (Lipinski definition) is 1. The van der Waals surface area contributed by atoms with E-state index in [0.717, 1.165) is 18.5 Å². The summed E-state index contributed by atoms with van der Waals surface area (Å²) in [4.78, 5) is 4.83. The molecular weight excluding hydrogens is 292 g/mol. The first-order valence-electron chi connectivity index (χ1n) is 10.3. The van der Waals surface area contributed by atoms with E-state index in [1.165, 1.54) is 82.0 Å². The number of rotatable bonds is 13. The second kappa shape index (κ2) is 11.3. The number of hydrogen-bond donors (Lipinski definition) is 0. The Labute approximate surface area is 148 Å². The van der Waals surface area contributed by atoms with Gasteiger partial charge in [0, 0.05) is 13.0 Å². The van der Waals surface area contributed by atoms with Gasteiger partial charge in [-0.2, -0.15) is 0 Å². The summed E-state index contributed by atoms with van der Waals surface area (Å²) in [5.41, 5.74) is 2.44. The monoisotopic (exact) mass is 328 g/mol. The van der Waals surface area contributed by atoms with E-state index in [4.69, 9.17) is 4.98 Å². The largest absolute Gasteiger partial charge is 0.328 e. The van der Waals surface area contributed by atoms with E-state index in [1.807, 2.05) is 0 Å². The van der Waals surface area contributed by atoms with Crippen LogP contribution < -0.4 is 0 Å². The van der Waals surface area contributed by atoms with Crippen LogP contribution in [0.5, 0.6) is 0 Å². The molecule has 24 heavy (non-hydrogen) atoms. The minimum absolute atomic E-state index is 1.02. The van der Waals surface area contributed by atoms with E-state index in [2.05, 4.69) is 42.7 Å². The van der Waals surface area contributed by atoms with Crippen molar-refractivity contribution in [3.63, 3.8) is 0 Å². The molecule has 1 aromatic carbocycles. The zero-order valence-electron chi connectivity index (χ0n) is 15.9. The summed E-state index contributed by atoms with van der Waals surface area (Å²) in [7, 11) is 0. The van der Waals surface area contributed by atoms with Gasteiger partial charge in [-0.15, -0.1) is 0 Å². The zero-order chi connectivity index (χ0) is 17.0. The highest BCUT2D eigenvalue weighted by atomic mass is 15.1. The van der Waals surface area contributed by atoms with Crippen LogP contribution in [-0.4, -0.2) is 9.55 Å². The number of para-hydroxylation sites is 2. The highest BCUT2D eigenvalue weighted by molar-refractivity contribution is 5.75. The van der Waals surface area contributed by atoms with Crippen molar-refractivity contribution in [1.82, 2.24) is 9.55 Å². The van der Waals surface area contributed by atoms with E-state index in [1.54, 1.807) is 0 Å². The molecule has 0 N–H and O–H groups in total. The Morgan fingerprint density at radius 2 is 1.33 bits per heavy atom. The van der Waals surface area contributed by atoms with Gasteiger partial charge in [-0.05, 0) is 25.5 Å². The predicted octanol–water partition coefficient (Wildman–Crippen LogP) is 6.91. The Bertz CT molecular complexity index is 570. The third kappa shape index (κ3) is 5.96. The second-order valence-electron chi connectivity index (χ2n) is 7.05. The Morgan fingerprint density at radius 3 is 1.96 bits per heavy atom. The minimum Gasteiger partial charge on any atom is -0.328 e. The van der Waals surface area contributed by atoms with E-state index in [9.17, 15) is 0 Å². The number of benzene rings is 1. The molecule has 0 saturated heterocycles. The van der Waals surface area contributed by atoms with E-state index in [-0.39, 0.29) is 0 Å². The summed E-state index contributed by atoms with van der Waals surface area (Å²) < 4.78 is 2.38. The molecule has 0 aliphatic carbocycles. The Kier molecular flexibility index (Phi) is 8.94. The SMILES string of the molecule is CCCCCCCCCCCCCc1nc2ccccc2n1CC. The molecule has 1 heterocycles. The summed E-state index contributed by atoms with van der Waals surface area (Å²) >= 11 is 0. The topological polar surface area (TPSA) is 17.8 Å². The molecule has 1 aromatic heterocycles. The highest BCUT2D eigenvalue weighted by Gasteiger charge is 2.08. The minimum atomic E-state index is 1.02. The fourth-order valence-corrected chi connectivity index (χ4v) is 3.62. The summed E-state index contributed by atoms with van der Waals surface area (Å²) in [5, 5.41) is 0. The van der Waals surface area contributed by atoms with Crippen molar-refractivity contribution in [2.24, 2.45) is 0 Å². The smallest absolute Gasteiger partial charge is 0.109 e. The van der Waals surface area contributed by atoms with Gasteiger partial charge in [-0.1, -0.05) is 83.3 Å². The van der Waals surface area contributed by atoms with Gasteiger partial charge in [0.25, 0.3) is 0 Å². The van der Waals surface area contributed by atoms with Crippen molar-refractivity contribution >= 4 is 11.0 Å². The quantitative estimate of drug-likeness (QED) is 0.365. The molecule has 2 nitrogen and oxygen atoms in total. The lowest BCUT2D eigenvalue weighted by atomic mass is 10.1. The molecule has 0 aliphatic rings. The Balaban J connectivity index is 1.58. The third-order valence-corrected chi connectivity index (χ3v) is 5.05. The first kappa shape index (κ1) is 19.0. The van der Waals surface area contributed by atoms with Gasteiger partial charge in [0.15, 0.2) is 0 Å². The molecule has 2 aromatic rings. The van der Waals surface area contributed by atoms with Gasteiger partial charge in [0.1, 0.15) is 5.82 Å². The third-order valence-electron chi connectivity index (χ3n) is 5.05. The van der Waals surface area contributed by atoms with Crippen LogP contribution in [-0.2, 0) is 13.0 Å². The average molecular weight is 329 g/mol. The van der Waals surface area contributed by atoms with Crippen LogP contribution in [0.15, 0.2) is 24.3 Å². The van der Waals surface area contributed by atoms with Crippen LogP contribution in [0.1, 0.15) is 90.3 Å². The zero-order valence-corrected chi connectivity index (χ0v) is 15.9. The van der Waals surface area contributed by atoms with Crippen molar-refractivity contribution in [3.05, 3.63) is 30.1 Å². The van der Waals surface area contributed by atoms with E-state index < -0.39 is 0 Å². The summed E-state index contributed by atoms with van der Waals surface area (Å²) in [5.74, 6) is 1.27. The van der Waals surface area contributed by atoms with Crippen LogP contribution >= 0.6 is 0 Å². The van der Waals surface area contributed by atoms with Crippen molar-refractivity contribution in [3.8, 4) is 0 Å². The number of aryl methyl sites for hydroxylation is 2. The van der Waals surface area contributed by atoms with Gasteiger partial charge in [-0.3, -0.25) is 0 Å². The van der Waals surface area contributed by atoms with Gasteiger partial charge in [0.2, 0.25) is 0 Å². The van der Waals surface area contributed by atoms with Crippen LogP contribution in [0.3, 0.4) is 0 Å². The summed E-state index contributed by atoms with van der Waals surface area (Å²) in [6, 6.07) is 8.52. The van der Waals surface area contributed by atoms with E-state index in [0.29, 0.717) is 0 Å². The maximum absolute atomic E-state index is 4.83. The van der Waals surface area contributed by atoms with Crippen LogP contribution in [0, 0.1) is 0 Å². The summed E-state index contributed by atoms with van der Waals surface area (Å²) in [6.45, 7) is 5.53. The Morgan fingerprint density at radius 1 is 0.750 bits per heavy atom. The van der Waals surface area contributed by atoms with Crippen molar-refractivity contribution in [2.45, 2.75) is 97.4 Å². The van der Waals surface area contributed by atoms with Gasteiger partial charge in [0.05, 0.1) is 11.0 Å². The van der Waals surface area contributed by atoms with Gasteiger partial charge >= 0.3 is 0 Å². The van der Waals surface area contributed by atoms with Crippen LogP contribution in [0.25, 0.3) is 11.0 Å². The maximum atomic E-state index is 4.83. The number of fused-ring (bicyclic) bond motifs is 1.